The molecule has 2 aromatic rings. The number of benzene rings is 2. The Morgan fingerprint density at radius 2 is 1.63 bits per heavy atom. The number of carboxylic acids is 1. The third-order valence-electron chi connectivity index (χ3n) is 3.74. The van der Waals surface area contributed by atoms with Gasteiger partial charge in [-0.2, -0.15) is 0 Å². The number of carboxylic acid groups (broad SMARTS) is 1. The first-order valence-electron chi connectivity index (χ1n) is 8.48. The SMILES string of the molecule is CCOC(=O)/C(C=N[C@@H](Cc1ccccc1)C(=O)O)=C(/O)c1ccccc1. The predicted octanol–water partition coefficient (Wildman–Crippen LogP) is 3.29. The highest BCUT2D eigenvalue weighted by Crippen LogP contribution is 2.16. The lowest BCUT2D eigenvalue weighted by Crippen LogP contribution is -2.22. The maximum atomic E-state index is 12.2. The van der Waals surface area contributed by atoms with Crippen LogP contribution < -0.4 is 0 Å². The molecule has 0 aliphatic heterocycles. The number of hydrogen-bond donors (Lipinski definition) is 2. The molecule has 0 aliphatic carbocycles. The standard InChI is InChI=1S/C21H21NO5/c1-2-27-21(26)17(19(23)16-11-7-4-8-12-16)14-22-18(20(24)25)13-15-9-5-3-6-10-15/h3-12,14,18,23H,2,13H2,1H3,(H,24,25)/b19-17+,22-14?/t18-/m0/s1. The first kappa shape index (κ1) is 19.9. The quantitative estimate of drug-likeness (QED) is 0.323. The number of hydrogen-bond acceptors (Lipinski definition) is 5. The minimum Gasteiger partial charge on any atom is -0.506 e. The van der Waals surface area contributed by atoms with Crippen LogP contribution in [0.25, 0.3) is 5.76 Å². The number of carbonyl (C=O) groups is 2. The summed E-state index contributed by atoms with van der Waals surface area (Å²) in [4.78, 5) is 27.8. The molecule has 0 heterocycles. The summed E-state index contributed by atoms with van der Waals surface area (Å²) < 4.78 is 4.96. The maximum absolute atomic E-state index is 12.2. The molecule has 2 N–H and O–H groups in total. The second-order valence-electron chi connectivity index (χ2n) is 5.67. The van der Waals surface area contributed by atoms with E-state index in [0.717, 1.165) is 11.8 Å². The van der Waals surface area contributed by atoms with E-state index in [1.54, 1.807) is 49.4 Å². The second-order valence-corrected chi connectivity index (χ2v) is 5.67. The number of aliphatic hydroxyl groups excluding tert-OH is 1. The Morgan fingerprint density at radius 3 is 2.19 bits per heavy atom. The number of aliphatic hydroxyl groups is 1. The van der Waals surface area contributed by atoms with Crippen LogP contribution in [-0.2, 0) is 20.7 Å². The highest BCUT2D eigenvalue weighted by molar-refractivity contribution is 6.15. The third-order valence-corrected chi connectivity index (χ3v) is 3.74. The minimum absolute atomic E-state index is 0.116. The fraction of sp³-hybridized carbons (Fsp3) is 0.190. The number of ether oxygens (including phenoxy) is 1. The lowest BCUT2D eigenvalue weighted by molar-refractivity contribution is -0.139. The first-order valence-corrected chi connectivity index (χ1v) is 8.48. The van der Waals surface area contributed by atoms with Crippen molar-refractivity contribution in [2.24, 2.45) is 4.99 Å². The summed E-state index contributed by atoms with van der Waals surface area (Å²) >= 11 is 0. The van der Waals surface area contributed by atoms with Crippen LogP contribution in [0.4, 0.5) is 0 Å². The van der Waals surface area contributed by atoms with E-state index in [9.17, 15) is 19.8 Å². The van der Waals surface area contributed by atoms with Gasteiger partial charge in [0, 0.05) is 18.2 Å². The van der Waals surface area contributed by atoms with Gasteiger partial charge >= 0.3 is 11.9 Å². The molecule has 0 saturated carbocycles. The van der Waals surface area contributed by atoms with Gasteiger partial charge in [0.05, 0.1) is 6.61 Å². The van der Waals surface area contributed by atoms with Crippen molar-refractivity contribution in [1.82, 2.24) is 0 Å². The Hall–Kier alpha value is -3.41. The molecule has 6 nitrogen and oxygen atoms in total. The Morgan fingerprint density at radius 1 is 1.04 bits per heavy atom. The van der Waals surface area contributed by atoms with Crippen molar-refractivity contribution in [2.75, 3.05) is 6.61 Å². The van der Waals surface area contributed by atoms with Crippen molar-refractivity contribution >= 4 is 23.9 Å². The number of nitrogens with zero attached hydrogens (tertiary/aromatic N) is 1. The fourth-order valence-electron chi connectivity index (χ4n) is 2.38. The van der Waals surface area contributed by atoms with Gasteiger partial charge in [-0.25, -0.2) is 9.59 Å². The van der Waals surface area contributed by atoms with E-state index in [1.807, 2.05) is 18.2 Å². The number of aliphatic imine (C=N–C) groups is 1. The molecule has 0 spiro atoms. The molecule has 0 radical (unpaired) electrons. The molecule has 140 valence electrons. The number of carbonyl (C=O) groups excluding carboxylic acids is 1. The van der Waals surface area contributed by atoms with Crippen LogP contribution in [0.15, 0.2) is 71.2 Å². The average Bonchev–Trinajstić information content (AvgIpc) is 2.68. The molecular formula is C21H21NO5. The lowest BCUT2D eigenvalue weighted by atomic mass is 10.1. The van der Waals surface area contributed by atoms with E-state index in [0.29, 0.717) is 5.56 Å². The summed E-state index contributed by atoms with van der Waals surface area (Å²) in [5.74, 6) is -2.22. The molecule has 27 heavy (non-hydrogen) atoms. The van der Waals surface area contributed by atoms with Crippen molar-refractivity contribution in [2.45, 2.75) is 19.4 Å². The van der Waals surface area contributed by atoms with E-state index < -0.39 is 18.0 Å². The average molecular weight is 367 g/mol. The molecular weight excluding hydrogens is 346 g/mol. The van der Waals surface area contributed by atoms with Gasteiger partial charge in [-0.3, -0.25) is 4.99 Å². The predicted molar refractivity (Wildman–Crippen MR) is 103 cm³/mol. The zero-order valence-corrected chi connectivity index (χ0v) is 14.9. The van der Waals surface area contributed by atoms with E-state index in [2.05, 4.69) is 4.99 Å². The van der Waals surface area contributed by atoms with Crippen molar-refractivity contribution < 1.29 is 24.5 Å². The van der Waals surface area contributed by atoms with Crippen LogP contribution in [0.1, 0.15) is 18.1 Å². The number of rotatable bonds is 8. The highest BCUT2D eigenvalue weighted by atomic mass is 16.5. The molecule has 1 atom stereocenters. The molecule has 0 unspecified atom stereocenters. The zero-order chi connectivity index (χ0) is 19.6. The normalized spacial score (nSPS) is 13.1. The van der Waals surface area contributed by atoms with Gasteiger partial charge in [0.2, 0.25) is 0 Å². The van der Waals surface area contributed by atoms with Crippen LogP contribution >= 0.6 is 0 Å². The van der Waals surface area contributed by atoms with Gasteiger partial charge in [0.1, 0.15) is 11.3 Å². The van der Waals surface area contributed by atoms with Gasteiger partial charge in [-0.1, -0.05) is 60.7 Å². The van der Waals surface area contributed by atoms with E-state index >= 15 is 0 Å². The zero-order valence-electron chi connectivity index (χ0n) is 14.9. The van der Waals surface area contributed by atoms with Gasteiger partial charge in [0.15, 0.2) is 6.04 Å². The molecule has 0 aromatic heterocycles. The van der Waals surface area contributed by atoms with Crippen LogP contribution in [0.5, 0.6) is 0 Å². The minimum atomic E-state index is -1.13. The molecule has 0 aliphatic rings. The van der Waals surface area contributed by atoms with Gasteiger partial charge in [-0.05, 0) is 12.5 Å². The van der Waals surface area contributed by atoms with Crippen LogP contribution in [0, 0.1) is 0 Å². The summed E-state index contributed by atoms with van der Waals surface area (Å²) in [7, 11) is 0. The first-order chi connectivity index (χ1) is 13.0. The molecule has 0 amide bonds. The molecule has 0 bridgehead atoms. The molecule has 2 aromatic carbocycles. The lowest BCUT2D eigenvalue weighted by Gasteiger charge is -2.10. The smallest absolute Gasteiger partial charge is 0.343 e. The van der Waals surface area contributed by atoms with Crippen LogP contribution in [0.2, 0.25) is 0 Å². The Kier molecular flexibility index (Phi) is 7.31. The number of aliphatic carboxylic acids is 1. The highest BCUT2D eigenvalue weighted by Gasteiger charge is 2.20. The van der Waals surface area contributed by atoms with Crippen LogP contribution in [-0.4, -0.2) is 41.0 Å². The monoisotopic (exact) mass is 367 g/mol. The largest absolute Gasteiger partial charge is 0.506 e. The van der Waals surface area contributed by atoms with Gasteiger partial charge in [-0.15, -0.1) is 0 Å². The molecule has 0 fully saturated rings. The number of esters is 1. The van der Waals surface area contributed by atoms with E-state index in [-0.39, 0.29) is 24.4 Å². The maximum Gasteiger partial charge on any atom is 0.343 e. The molecule has 6 heteroatoms. The van der Waals surface area contributed by atoms with E-state index in [4.69, 9.17) is 4.74 Å². The van der Waals surface area contributed by atoms with Crippen LogP contribution in [0.3, 0.4) is 0 Å². The van der Waals surface area contributed by atoms with Gasteiger partial charge in [0.25, 0.3) is 0 Å². The van der Waals surface area contributed by atoms with Crippen molar-refractivity contribution in [3.63, 3.8) is 0 Å². The van der Waals surface area contributed by atoms with Crippen molar-refractivity contribution in [1.29, 1.82) is 0 Å². The summed E-state index contributed by atoms with van der Waals surface area (Å²) in [5, 5.41) is 19.9. The summed E-state index contributed by atoms with van der Waals surface area (Å²) in [6, 6.07) is 16.4. The third kappa shape index (κ3) is 5.81. The summed E-state index contributed by atoms with van der Waals surface area (Å²) in [6.07, 6.45) is 1.23. The fourth-order valence-corrected chi connectivity index (χ4v) is 2.38. The Balaban J connectivity index is 2.34. The van der Waals surface area contributed by atoms with Crippen molar-refractivity contribution in [3.8, 4) is 0 Å². The van der Waals surface area contributed by atoms with Crippen molar-refractivity contribution in [3.05, 3.63) is 77.4 Å². The Bertz CT molecular complexity index is 828. The van der Waals surface area contributed by atoms with Gasteiger partial charge < -0.3 is 14.9 Å². The summed E-state index contributed by atoms with van der Waals surface area (Å²) in [6.45, 7) is 1.76. The topological polar surface area (TPSA) is 96.2 Å². The Labute approximate surface area is 157 Å². The molecule has 2 rings (SSSR count). The second kappa shape index (κ2) is 9.91. The van der Waals surface area contributed by atoms with E-state index in [1.165, 1.54) is 0 Å². The summed E-state index contributed by atoms with van der Waals surface area (Å²) in [5.41, 5.74) is 1.01. The molecule has 0 saturated heterocycles.